The van der Waals surface area contributed by atoms with Gasteiger partial charge in [0.25, 0.3) is 0 Å². The number of anilines is 1. The van der Waals surface area contributed by atoms with Gasteiger partial charge in [-0.15, -0.1) is 17.9 Å². The Morgan fingerprint density at radius 2 is 2.30 bits per heavy atom. The molecule has 1 N–H and O–H groups in total. The van der Waals surface area contributed by atoms with Crippen LogP contribution in [-0.2, 0) is 4.74 Å². The average Bonchev–Trinajstić information content (AvgIpc) is 3.06. The zero-order chi connectivity index (χ0) is 16.1. The first-order valence-corrected chi connectivity index (χ1v) is 8.00. The molecule has 0 aliphatic carbocycles. The molecular formula is C16H16N2O4S. The van der Waals surface area contributed by atoms with E-state index in [1.54, 1.807) is 11.5 Å². The number of esters is 1. The maximum Gasteiger partial charge on any atom is 0.358 e. The van der Waals surface area contributed by atoms with Crippen molar-refractivity contribution in [3.05, 3.63) is 48.0 Å². The van der Waals surface area contributed by atoms with E-state index in [2.05, 4.69) is 16.9 Å². The standard InChI is InChI=1S/C16H16N2O4S/c1-2-7-17-16-18-12(10-23-16)15(19)21-9-11-8-20-13-5-3-4-6-14(13)22-11/h2-6,10-11H,1,7-9H2,(H,17,18). The molecule has 3 rings (SSSR count). The summed E-state index contributed by atoms with van der Waals surface area (Å²) in [6.45, 7) is 4.66. The Balaban J connectivity index is 1.51. The van der Waals surface area contributed by atoms with Gasteiger partial charge in [-0.2, -0.15) is 0 Å². The summed E-state index contributed by atoms with van der Waals surface area (Å²) in [6.07, 6.45) is 1.39. The largest absolute Gasteiger partial charge is 0.486 e. The molecule has 0 saturated heterocycles. The first-order chi connectivity index (χ1) is 11.3. The van der Waals surface area contributed by atoms with Crippen LogP contribution in [0.2, 0.25) is 0 Å². The van der Waals surface area contributed by atoms with Gasteiger partial charge in [-0.1, -0.05) is 18.2 Å². The van der Waals surface area contributed by atoms with E-state index < -0.39 is 5.97 Å². The van der Waals surface area contributed by atoms with Gasteiger partial charge in [0, 0.05) is 11.9 Å². The highest BCUT2D eigenvalue weighted by Gasteiger charge is 2.23. The Kier molecular flexibility index (Phi) is 4.77. The number of fused-ring (bicyclic) bond motifs is 1. The minimum atomic E-state index is -0.477. The van der Waals surface area contributed by atoms with Crippen molar-refractivity contribution in [2.75, 3.05) is 25.1 Å². The number of thiazole rings is 1. The molecule has 2 aromatic rings. The Bertz CT molecular complexity index is 701. The Hall–Kier alpha value is -2.54. The summed E-state index contributed by atoms with van der Waals surface area (Å²) < 4.78 is 16.6. The van der Waals surface area contributed by atoms with Gasteiger partial charge in [0.15, 0.2) is 28.4 Å². The highest BCUT2D eigenvalue weighted by Crippen LogP contribution is 2.30. The highest BCUT2D eigenvalue weighted by molar-refractivity contribution is 7.13. The monoisotopic (exact) mass is 332 g/mol. The molecule has 0 radical (unpaired) electrons. The van der Waals surface area contributed by atoms with Crippen LogP contribution >= 0.6 is 11.3 Å². The van der Waals surface area contributed by atoms with Gasteiger partial charge in [-0.05, 0) is 12.1 Å². The third kappa shape index (κ3) is 3.81. The van der Waals surface area contributed by atoms with Gasteiger partial charge in [-0.3, -0.25) is 0 Å². The zero-order valence-corrected chi connectivity index (χ0v) is 13.2. The molecule has 2 heterocycles. The van der Waals surface area contributed by atoms with Crippen LogP contribution in [0.3, 0.4) is 0 Å². The van der Waals surface area contributed by atoms with Crippen molar-refractivity contribution >= 4 is 22.4 Å². The molecule has 1 aromatic heterocycles. The second-order valence-corrected chi connectivity index (χ2v) is 5.66. The molecule has 1 aliphatic heterocycles. The van der Waals surface area contributed by atoms with E-state index in [4.69, 9.17) is 14.2 Å². The molecule has 0 amide bonds. The summed E-state index contributed by atoms with van der Waals surface area (Å²) >= 11 is 1.34. The van der Waals surface area contributed by atoms with E-state index in [1.165, 1.54) is 11.3 Å². The summed E-state index contributed by atoms with van der Waals surface area (Å²) in [5, 5.41) is 5.33. The van der Waals surface area contributed by atoms with Crippen molar-refractivity contribution < 1.29 is 19.0 Å². The van der Waals surface area contributed by atoms with Crippen molar-refractivity contribution in [1.82, 2.24) is 4.98 Å². The maximum absolute atomic E-state index is 12.0. The molecule has 1 aliphatic rings. The quantitative estimate of drug-likeness (QED) is 0.648. The van der Waals surface area contributed by atoms with Crippen molar-refractivity contribution in [1.29, 1.82) is 0 Å². The number of hydrogen-bond acceptors (Lipinski definition) is 7. The molecule has 0 bridgehead atoms. The van der Waals surface area contributed by atoms with Crippen molar-refractivity contribution in [3.8, 4) is 11.5 Å². The normalized spacial score (nSPS) is 15.7. The molecule has 1 unspecified atom stereocenters. The fourth-order valence-corrected chi connectivity index (χ4v) is 2.69. The molecule has 1 atom stereocenters. The fourth-order valence-electron chi connectivity index (χ4n) is 2.00. The van der Waals surface area contributed by atoms with E-state index in [0.29, 0.717) is 29.8 Å². The van der Waals surface area contributed by atoms with E-state index >= 15 is 0 Å². The van der Waals surface area contributed by atoms with Gasteiger partial charge in [0.2, 0.25) is 0 Å². The van der Waals surface area contributed by atoms with E-state index in [0.717, 1.165) is 0 Å². The Morgan fingerprint density at radius 1 is 1.48 bits per heavy atom. The number of carbonyl (C=O) groups excluding carboxylic acids is 1. The molecule has 1 aromatic carbocycles. The van der Waals surface area contributed by atoms with Gasteiger partial charge in [0.05, 0.1) is 0 Å². The van der Waals surface area contributed by atoms with Gasteiger partial charge in [0.1, 0.15) is 13.2 Å². The van der Waals surface area contributed by atoms with Crippen LogP contribution in [0.4, 0.5) is 5.13 Å². The topological polar surface area (TPSA) is 69.7 Å². The van der Waals surface area contributed by atoms with Crippen LogP contribution in [-0.4, -0.2) is 36.8 Å². The Labute approximate surface area is 137 Å². The minimum Gasteiger partial charge on any atom is -0.486 e. The second-order valence-electron chi connectivity index (χ2n) is 4.80. The molecule has 120 valence electrons. The molecule has 0 spiro atoms. The SMILES string of the molecule is C=CCNc1nc(C(=O)OCC2COc3ccccc3O2)cs1. The number of carbonyl (C=O) groups is 1. The van der Waals surface area contributed by atoms with Crippen LogP contribution in [0, 0.1) is 0 Å². The first kappa shape index (κ1) is 15.4. The maximum atomic E-state index is 12.0. The lowest BCUT2D eigenvalue weighted by Gasteiger charge is -2.25. The summed E-state index contributed by atoms with van der Waals surface area (Å²) in [6, 6.07) is 7.40. The number of nitrogens with zero attached hydrogens (tertiary/aromatic N) is 1. The van der Waals surface area contributed by atoms with Crippen molar-refractivity contribution in [3.63, 3.8) is 0 Å². The third-order valence-electron chi connectivity index (χ3n) is 3.08. The summed E-state index contributed by atoms with van der Waals surface area (Å²) in [5.41, 5.74) is 0.277. The van der Waals surface area contributed by atoms with Crippen molar-refractivity contribution in [2.24, 2.45) is 0 Å². The molecule has 0 fully saturated rings. The smallest absolute Gasteiger partial charge is 0.358 e. The number of hydrogen-bond donors (Lipinski definition) is 1. The Morgan fingerprint density at radius 3 is 3.13 bits per heavy atom. The second kappa shape index (κ2) is 7.15. The van der Waals surface area contributed by atoms with E-state index in [9.17, 15) is 4.79 Å². The van der Waals surface area contributed by atoms with Crippen LogP contribution in [0.1, 0.15) is 10.5 Å². The number of aromatic nitrogens is 1. The average molecular weight is 332 g/mol. The third-order valence-corrected chi connectivity index (χ3v) is 3.88. The first-order valence-electron chi connectivity index (χ1n) is 7.12. The van der Waals surface area contributed by atoms with Crippen LogP contribution in [0.25, 0.3) is 0 Å². The lowest BCUT2D eigenvalue weighted by atomic mass is 10.3. The lowest BCUT2D eigenvalue weighted by Crippen LogP contribution is -2.34. The number of para-hydroxylation sites is 2. The summed E-state index contributed by atoms with van der Waals surface area (Å²) in [4.78, 5) is 16.2. The van der Waals surface area contributed by atoms with Crippen LogP contribution < -0.4 is 14.8 Å². The molecule has 23 heavy (non-hydrogen) atoms. The predicted octanol–water partition coefficient (Wildman–Crippen LogP) is 2.74. The van der Waals surface area contributed by atoms with Crippen LogP contribution in [0.5, 0.6) is 11.5 Å². The van der Waals surface area contributed by atoms with E-state index in [1.807, 2.05) is 24.3 Å². The van der Waals surface area contributed by atoms with Crippen LogP contribution in [0.15, 0.2) is 42.3 Å². The summed E-state index contributed by atoms with van der Waals surface area (Å²) in [7, 11) is 0. The van der Waals surface area contributed by atoms with Crippen molar-refractivity contribution in [2.45, 2.75) is 6.10 Å². The zero-order valence-electron chi connectivity index (χ0n) is 12.4. The fraction of sp³-hybridized carbons (Fsp3) is 0.250. The molecular weight excluding hydrogens is 316 g/mol. The summed E-state index contributed by atoms with van der Waals surface area (Å²) in [5.74, 6) is 0.882. The predicted molar refractivity (Wildman–Crippen MR) is 87.4 cm³/mol. The highest BCUT2D eigenvalue weighted by atomic mass is 32.1. The molecule has 7 heteroatoms. The number of ether oxygens (including phenoxy) is 3. The molecule has 6 nitrogen and oxygen atoms in total. The molecule has 0 saturated carbocycles. The van der Waals surface area contributed by atoms with Gasteiger partial charge >= 0.3 is 5.97 Å². The number of rotatable bonds is 6. The minimum absolute atomic E-state index is 0.111. The van der Waals surface area contributed by atoms with Gasteiger partial charge < -0.3 is 19.5 Å². The lowest BCUT2D eigenvalue weighted by molar-refractivity contribution is 0.0106. The number of nitrogens with one attached hydrogen (secondary N) is 1. The van der Waals surface area contributed by atoms with Gasteiger partial charge in [-0.25, -0.2) is 9.78 Å². The van der Waals surface area contributed by atoms with E-state index in [-0.39, 0.29) is 18.4 Å². The number of benzene rings is 1.